The normalized spacial score (nSPS) is 12.9. The van der Waals surface area contributed by atoms with Gasteiger partial charge in [0.2, 0.25) is 0 Å². The zero-order valence-electron chi connectivity index (χ0n) is 21.5. The van der Waals surface area contributed by atoms with Crippen LogP contribution in [-0.2, 0) is 12.6 Å². The van der Waals surface area contributed by atoms with Crippen molar-refractivity contribution in [3.63, 3.8) is 0 Å². The van der Waals surface area contributed by atoms with Gasteiger partial charge in [0.15, 0.2) is 11.4 Å². The summed E-state index contributed by atoms with van der Waals surface area (Å²) in [6.45, 7) is 5.75. The summed E-state index contributed by atoms with van der Waals surface area (Å²) in [4.78, 5) is 11.5. The van der Waals surface area contributed by atoms with Crippen LogP contribution in [0, 0.1) is 0 Å². The Morgan fingerprint density at radius 1 is 0.947 bits per heavy atom. The molecule has 0 bridgehead atoms. The van der Waals surface area contributed by atoms with Crippen LogP contribution in [-0.4, -0.2) is 32.7 Å². The predicted octanol–water partition coefficient (Wildman–Crippen LogP) is 7.15. The summed E-state index contributed by atoms with van der Waals surface area (Å²) in [7, 11) is 1.86. The van der Waals surface area contributed by atoms with Gasteiger partial charge in [0.1, 0.15) is 5.69 Å². The Hall–Kier alpha value is -3.58. The molecule has 1 atom stereocenters. The first-order chi connectivity index (χ1) is 18.4. The molecule has 0 fully saturated rings. The number of nitrogens with one attached hydrogen (secondary N) is 1. The highest BCUT2D eigenvalue weighted by Crippen LogP contribution is 2.43. The maximum Gasteiger partial charge on any atom is 0.156 e. The number of para-hydroxylation sites is 1. The molecule has 1 unspecified atom stereocenters. The Labute approximate surface area is 232 Å². The number of hydrogen-bond acceptors (Lipinski definition) is 5. The minimum atomic E-state index is -1.50. The Morgan fingerprint density at radius 3 is 2.26 bits per heavy atom. The van der Waals surface area contributed by atoms with E-state index in [1.165, 1.54) is 0 Å². The van der Waals surface area contributed by atoms with Crippen molar-refractivity contribution in [3.05, 3.63) is 112 Å². The second kappa shape index (κ2) is 10.7. The van der Waals surface area contributed by atoms with Gasteiger partial charge in [-0.15, -0.1) is 0 Å². The molecule has 5 aromatic rings. The fraction of sp³-hybridized carbons (Fsp3) is 0.200. The Kier molecular flexibility index (Phi) is 7.30. The molecular formula is C30H29Cl2N5O. The number of anilines is 3. The standard InChI is InChI=1S/C30H29Cl2N5O/c1-4-37(5-2)29-28(34-23-9-7-6-8-10-23)27(32)24-17-21(13-16-25(24)35-29)30(38,26-18-33-19-36(26)3)20-11-14-22(31)15-12-20/h6-19,34,38H,4-5H2,1-3H3. The van der Waals surface area contributed by atoms with Crippen LogP contribution in [0.15, 0.2) is 85.3 Å². The lowest BCUT2D eigenvalue weighted by atomic mass is 9.83. The number of imidazole rings is 1. The van der Waals surface area contributed by atoms with E-state index in [0.717, 1.165) is 41.2 Å². The van der Waals surface area contributed by atoms with E-state index in [9.17, 15) is 5.11 Å². The van der Waals surface area contributed by atoms with Crippen molar-refractivity contribution in [1.29, 1.82) is 0 Å². The number of nitrogens with zero attached hydrogens (tertiary/aromatic N) is 4. The fourth-order valence-electron chi connectivity index (χ4n) is 4.83. The second-order valence-corrected chi connectivity index (χ2v) is 9.94. The van der Waals surface area contributed by atoms with Gasteiger partial charge in [0, 0.05) is 36.2 Å². The van der Waals surface area contributed by atoms with Crippen LogP contribution in [0.3, 0.4) is 0 Å². The first kappa shape index (κ1) is 26.0. The minimum Gasteiger partial charge on any atom is -0.374 e. The first-order valence-corrected chi connectivity index (χ1v) is 13.3. The Balaban J connectivity index is 1.75. The Bertz CT molecular complexity index is 1570. The lowest BCUT2D eigenvalue weighted by Crippen LogP contribution is -2.31. The third-order valence-electron chi connectivity index (χ3n) is 6.88. The largest absolute Gasteiger partial charge is 0.374 e. The zero-order valence-corrected chi connectivity index (χ0v) is 23.0. The van der Waals surface area contributed by atoms with E-state index in [2.05, 4.69) is 29.0 Å². The summed E-state index contributed by atoms with van der Waals surface area (Å²) in [5, 5.41) is 17.7. The maximum atomic E-state index is 12.4. The number of aliphatic hydroxyl groups is 1. The quantitative estimate of drug-likeness (QED) is 0.216. The van der Waals surface area contributed by atoms with Gasteiger partial charge in [-0.3, -0.25) is 0 Å². The second-order valence-electron chi connectivity index (χ2n) is 9.13. The summed E-state index contributed by atoms with van der Waals surface area (Å²) in [5.41, 5.74) is 2.79. The summed E-state index contributed by atoms with van der Waals surface area (Å²) in [6.07, 6.45) is 3.34. The maximum absolute atomic E-state index is 12.4. The van der Waals surface area contributed by atoms with Crippen LogP contribution < -0.4 is 10.2 Å². The van der Waals surface area contributed by atoms with Crippen LogP contribution in [0.4, 0.5) is 17.2 Å². The van der Waals surface area contributed by atoms with Crippen LogP contribution in [0.1, 0.15) is 30.7 Å². The van der Waals surface area contributed by atoms with E-state index in [1.807, 2.05) is 72.3 Å². The van der Waals surface area contributed by atoms with Gasteiger partial charge in [-0.25, -0.2) is 9.97 Å². The molecule has 6 nitrogen and oxygen atoms in total. The van der Waals surface area contributed by atoms with E-state index < -0.39 is 5.60 Å². The lowest BCUT2D eigenvalue weighted by Gasteiger charge is -2.30. The van der Waals surface area contributed by atoms with E-state index in [4.69, 9.17) is 28.2 Å². The number of rotatable bonds is 8. The van der Waals surface area contributed by atoms with Crippen LogP contribution >= 0.6 is 23.2 Å². The molecular weight excluding hydrogens is 517 g/mol. The molecule has 0 radical (unpaired) electrons. The van der Waals surface area contributed by atoms with E-state index in [1.54, 1.807) is 24.7 Å². The van der Waals surface area contributed by atoms with Crippen molar-refractivity contribution in [2.45, 2.75) is 19.4 Å². The smallest absolute Gasteiger partial charge is 0.156 e. The molecule has 0 saturated heterocycles. The molecule has 194 valence electrons. The third-order valence-corrected chi connectivity index (χ3v) is 7.52. The van der Waals surface area contributed by atoms with Gasteiger partial charge in [-0.2, -0.15) is 0 Å². The molecule has 0 amide bonds. The van der Waals surface area contributed by atoms with Crippen molar-refractivity contribution in [3.8, 4) is 0 Å². The molecule has 2 heterocycles. The van der Waals surface area contributed by atoms with Crippen molar-refractivity contribution >= 4 is 51.3 Å². The lowest BCUT2D eigenvalue weighted by molar-refractivity contribution is 0.117. The molecule has 5 rings (SSSR count). The molecule has 3 aromatic carbocycles. The zero-order chi connectivity index (χ0) is 26.9. The summed E-state index contributed by atoms with van der Waals surface area (Å²) >= 11 is 13.3. The number of pyridine rings is 1. The molecule has 2 aromatic heterocycles. The SMILES string of the molecule is CCN(CC)c1nc2ccc(C(O)(c3ccc(Cl)cc3)c3cncn3C)cc2c(Cl)c1Nc1ccccc1. The summed E-state index contributed by atoms with van der Waals surface area (Å²) in [6, 6.07) is 22.8. The van der Waals surface area contributed by atoms with E-state index >= 15 is 0 Å². The van der Waals surface area contributed by atoms with Crippen molar-refractivity contribution < 1.29 is 5.11 Å². The Morgan fingerprint density at radius 2 is 1.63 bits per heavy atom. The van der Waals surface area contributed by atoms with Crippen LogP contribution in [0.2, 0.25) is 10.0 Å². The average molecular weight is 547 g/mol. The van der Waals surface area contributed by atoms with Crippen LogP contribution in [0.25, 0.3) is 10.9 Å². The van der Waals surface area contributed by atoms with Gasteiger partial charge < -0.3 is 19.9 Å². The first-order valence-electron chi connectivity index (χ1n) is 12.5. The molecule has 2 N–H and O–H groups in total. The summed E-state index contributed by atoms with van der Waals surface area (Å²) < 4.78 is 1.81. The molecule has 0 aliphatic carbocycles. The van der Waals surface area contributed by atoms with Gasteiger partial charge in [0.05, 0.1) is 28.8 Å². The molecule has 0 aliphatic rings. The fourth-order valence-corrected chi connectivity index (χ4v) is 5.23. The van der Waals surface area contributed by atoms with E-state index in [0.29, 0.717) is 26.9 Å². The number of hydrogen-bond donors (Lipinski definition) is 2. The number of aromatic nitrogens is 3. The average Bonchev–Trinajstić information content (AvgIpc) is 3.38. The number of aryl methyl sites for hydroxylation is 1. The molecule has 0 aliphatic heterocycles. The highest BCUT2D eigenvalue weighted by molar-refractivity contribution is 6.39. The van der Waals surface area contributed by atoms with Crippen molar-refractivity contribution in [1.82, 2.24) is 14.5 Å². The minimum absolute atomic E-state index is 0.533. The van der Waals surface area contributed by atoms with Crippen LogP contribution in [0.5, 0.6) is 0 Å². The van der Waals surface area contributed by atoms with Gasteiger partial charge in [-0.05, 0) is 61.4 Å². The van der Waals surface area contributed by atoms with Gasteiger partial charge in [0.25, 0.3) is 0 Å². The highest BCUT2D eigenvalue weighted by atomic mass is 35.5. The highest BCUT2D eigenvalue weighted by Gasteiger charge is 2.37. The monoisotopic (exact) mass is 545 g/mol. The van der Waals surface area contributed by atoms with Crippen molar-refractivity contribution in [2.24, 2.45) is 7.05 Å². The number of benzene rings is 3. The topological polar surface area (TPSA) is 66.2 Å². The third kappa shape index (κ3) is 4.60. The molecule has 0 saturated carbocycles. The molecule has 8 heteroatoms. The van der Waals surface area contributed by atoms with E-state index in [-0.39, 0.29) is 0 Å². The molecule has 38 heavy (non-hydrogen) atoms. The number of halogens is 2. The molecule has 0 spiro atoms. The van der Waals surface area contributed by atoms with Gasteiger partial charge in [-0.1, -0.05) is 59.6 Å². The van der Waals surface area contributed by atoms with Crippen molar-refractivity contribution in [2.75, 3.05) is 23.3 Å². The number of fused-ring (bicyclic) bond motifs is 1. The van der Waals surface area contributed by atoms with Gasteiger partial charge >= 0.3 is 0 Å². The summed E-state index contributed by atoms with van der Waals surface area (Å²) in [5.74, 6) is 0.781. The predicted molar refractivity (Wildman–Crippen MR) is 157 cm³/mol.